The van der Waals surface area contributed by atoms with Gasteiger partial charge in [0.25, 0.3) is 5.83 Å². The summed E-state index contributed by atoms with van der Waals surface area (Å²) in [6.07, 6.45) is -7.80. The summed E-state index contributed by atoms with van der Waals surface area (Å²) in [6.45, 7) is 0. The number of hydrogen-bond donors (Lipinski definition) is 0. The quantitative estimate of drug-likeness (QED) is 0.454. The highest BCUT2D eigenvalue weighted by molar-refractivity contribution is 5.76. The van der Waals surface area contributed by atoms with Gasteiger partial charge in [0.1, 0.15) is 0 Å². The molecule has 0 spiro atoms. The third kappa shape index (κ3) is 3.50. The van der Waals surface area contributed by atoms with E-state index in [2.05, 4.69) is 48.5 Å². The lowest BCUT2D eigenvalue weighted by atomic mass is 10.1. The van der Waals surface area contributed by atoms with Crippen molar-refractivity contribution < 1.29 is 26.3 Å². The van der Waals surface area contributed by atoms with Gasteiger partial charge in [0.05, 0.1) is 0 Å². The van der Waals surface area contributed by atoms with Crippen molar-refractivity contribution in [2.24, 2.45) is 0 Å². The monoisotopic (exact) mass is 316 g/mol. The minimum absolute atomic E-state index is 1.10. The molecule has 0 amide bonds. The molecule has 0 aromatic heterocycles. The van der Waals surface area contributed by atoms with Gasteiger partial charge >= 0.3 is 12.3 Å². The lowest BCUT2D eigenvalue weighted by molar-refractivity contribution is -0.113. The maximum atomic E-state index is 11.0. The fraction of sp³-hybridized carbons (Fsp3) is 0.125. The van der Waals surface area contributed by atoms with Crippen LogP contribution in [0, 0.1) is 0 Å². The zero-order valence-corrected chi connectivity index (χ0v) is 11.1. The first-order valence-corrected chi connectivity index (χ1v) is 6.25. The number of fused-ring (bicyclic) bond motifs is 3. The van der Waals surface area contributed by atoms with Crippen LogP contribution < -0.4 is 0 Å². The highest BCUT2D eigenvalue weighted by Gasteiger charge is 2.38. The van der Waals surface area contributed by atoms with Crippen molar-refractivity contribution in [2.75, 3.05) is 0 Å². The molecular weight excluding hydrogens is 306 g/mol. The van der Waals surface area contributed by atoms with E-state index in [1.165, 1.54) is 22.3 Å². The summed E-state index contributed by atoms with van der Waals surface area (Å²) >= 11 is 0. The molecule has 0 nitrogen and oxygen atoms in total. The fourth-order valence-electron chi connectivity index (χ4n) is 2.19. The number of rotatable bonds is 0. The van der Waals surface area contributed by atoms with E-state index in [-0.39, 0.29) is 0 Å². The van der Waals surface area contributed by atoms with Crippen molar-refractivity contribution >= 4 is 0 Å². The van der Waals surface area contributed by atoms with Crippen molar-refractivity contribution in [3.05, 3.63) is 71.6 Å². The van der Waals surface area contributed by atoms with Crippen LogP contribution in [0.1, 0.15) is 11.1 Å². The van der Waals surface area contributed by atoms with Gasteiger partial charge in [0.15, 0.2) is 0 Å². The highest BCUT2D eigenvalue weighted by Crippen LogP contribution is 2.35. The van der Waals surface area contributed by atoms with Gasteiger partial charge in [0, 0.05) is 0 Å². The average Bonchev–Trinajstić information content (AvgIpc) is 2.84. The molecule has 6 heteroatoms. The Hall–Kier alpha value is -2.24. The number of alkyl halides is 3. The second-order valence-corrected chi connectivity index (χ2v) is 4.56. The molecule has 0 fully saturated rings. The van der Waals surface area contributed by atoms with Gasteiger partial charge in [-0.05, 0) is 28.7 Å². The topological polar surface area (TPSA) is 0 Å². The molecule has 3 rings (SSSR count). The molecule has 0 saturated carbocycles. The van der Waals surface area contributed by atoms with Crippen LogP contribution in [0.3, 0.4) is 0 Å². The van der Waals surface area contributed by atoms with E-state index >= 15 is 0 Å². The lowest BCUT2D eigenvalue weighted by Gasteiger charge is -1.98. The molecule has 116 valence electrons. The molecule has 2 aromatic carbocycles. The van der Waals surface area contributed by atoms with Crippen LogP contribution in [-0.4, -0.2) is 6.18 Å². The summed E-state index contributed by atoms with van der Waals surface area (Å²) < 4.78 is 64.8. The Morgan fingerprint density at radius 1 is 0.727 bits per heavy atom. The first kappa shape index (κ1) is 16.1. The lowest BCUT2D eigenvalue weighted by Crippen LogP contribution is -2.08. The molecule has 1 aliphatic rings. The largest absolute Gasteiger partial charge is 0.448 e. The van der Waals surface area contributed by atoms with Gasteiger partial charge in [-0.1, -0.05) is 48.5 Å². The van der Waals surface area contributed by atoms with E-state index < -0.39 is 18.1 Å². The third-order valence-corrected chi connectivity index (χ3v) is 3.12. The molecule has 0 N–H and O–H groups in total. The molecule has 0 aliphatic heterocycles. The van der Waals surface area contributed by atoms with Gasteiger partial charge in [0.2, 0.25) is 0 Å². The zero-order chi connectivity index (χ0) is 16.3. The molecule has 0 bridgehead atoms. The smallest absolute Gasteiger partial charge is 0.196 e. The van der Waals surface area contributed by atoms with Crippen molar-refractivity contribution in [3.63, 3.8) is 0 Å². The second kappa shape index (κ2) is 6.25. The minimum Gasteiger partial charge on any atom is -0.196 e. The van der Waals surface area contributed by atoms with Gasteiger partial charge in [-0.25, -0.2) is 0 Å². The van der Waals surface area contributed by atoms with Gasteiger partial charge < -0.3 is 0 Å². The van der Waals surface area contributed by atoms with Crippen molar-refractivity contribution in [1.29, 1.82) is 0 Å². The van der Waals surface area contributed by atoms with Gasteiger partial charge in [-0.2, -0.15) is 26.3 Å². The van der Waals surface area contributed by atoms with Crippen LogP contribution in [0.15, 0.2) is 60.4 Å². The summed E-state index contributed by atoms with van der Waals surface area (Å²) in [6, 6.07) is 17.3. The molecule has 2 aromatic rings. The Bertz CT molecular complexity index is 652. The molecule has 0 radical (unpaired) electrons. The van der Waals surface area contributed by atoms with Crippen LogP contribution in [0.4, 0.5) is 26.3 Å². The normalized spacial score (nSPS) is 11.9. The zero-order valence-electron chi connectivity index (χ0n) is 11.1. The summed E-state index contributed by atoms with van der Waals surface area (Å²) in [5.74, 6) is -3.33. The summed E-state index contributed by atoms with van der Waals surface area (Å²) in [7, 11) is 0. The first-order valence-electron chi connectivity index (χ1n) is 6.25. The van der Waals surface area contributed by atoms with E-state index in [9.17, 15) is 26.3 Å². The number of hydrogen-bond acceptors (Lipinski definition) is 0. The van der Waals surface area contributed by atoms with E-state index in [1.807, 2.05) is 0 Å². The van der Waals surface area contributed by atoms with E-state index in [4.69, 9.17) is 0 Å². The molecule has 1 aliphatic carbocycles. The predicted octanol–water partition coefficient (Wildman–Crippen LogP) is 5.88. The third-order valence-electron chi connectivity index (χ3n) is 3.12. The molecule has 0 atom stereocenters. The Balaban J connectivity index is 0.000000175. The number of allylic oxidation sites excluding steroid dienone is 1. The molecule has 0 heterocycles. The van der Waals surface area contributed by atoms with Crippen LogP contribution in [0.2, 0.25) is 0 Å². The average molecular weight is 316 g/mol. The molecule has 0 unspecified atom stereocenters. The standard InChI is InChI=1S/C13H10.C3F6/c1-3-7-12-10(5-1)9-11-6-2-4-8-13(11)12;4-1(2(5)6)3(7,8)9/h1-8H,9H2;. The van der Waals surface area contributed by atoms with Crippen molar-refractivity contribution in [3.8, 4) is 11.1 Å². The molecule has 0 saturated heterocycles. The summed E-state index contributed by atoms with van der Waals surface area (Å²) in [5.41, 5.74) is 5.75. The Morgan fingerprint density at radius 2 is 1.14 bits per heavy atom. The van der Waals surface area contributed by atoms with E-state index in [0.717, 1.165) is 6.42 Å². The van der Waals surface area contributed by atoms with E-state index in [1.54, 1.807) is 0 Å². The maximum absolute atomic E-state index is 11.0. The SMILES string of the molecule is FC(F)=C(F)C(F)(F)F.c1ccc2c(c1)Cc1ccccc1-2. The van der Waals surface area contributed by atoms with Crippen LogP contribution in [0.5, 0.6) is 0 Å². The summed E-state index contributed by atoms with van der Waals surface area (Å²) in [4.78, 5) is 0. The second-order valence-electron chi connectivity index (χ2n) is 4.56. The fourth-order valence-corrected chi connectivity index (χ4v) is 2.19. The Labute approximate surface area is 122 Å². The van der Waals surface area contributed by atoms with Gasteiger partial charge in [-0.15, -0.1) is 0 Å². The number of halogens is 6. The molecular formula is C16H10F6. The van der Waals surface area contributed by atoms with Gasteiger partial charge in [-0.3, -0.25) is 0 Å². The van der Waals surface area contributed by atoms with Crippen LogP contribution in [-0.2, 0) is 6.42 Å². The highest BCUT2D eigenvalue weighted by atomic mass is 19.4. The predicted molar refractivity (Wildman–Crippen MR) is 71.1 cm³/mol. The van der Waals surface area contributed by atoms with Crippen LogP contribution in [0.25, 0.3) is 11.1 Å². The Kier molecular flexibility index (Phi) is 4.59. The first-order chi connectivity index (χ1) is 10.3. The Morgan fingerprint density at radius 3 is 1.45 bits per heavy atom. The molecule has 22 heavy (non-hydrogen) atoms. The maximum Gasteiger partial charge on any atom is 0.448 e. The minimum atomic E-state index is -5.56. The summed E-state index contributed by atoms with van der Waals surface area (Å²) in [5, 5.41) is 0. The van der Waals surface area contributed by atoms with Crippen molar-refractivity contribution in [2.45, 2.75) is 12.6 Å². The van der Waals surface area contributed by atoms with E-state index in [0.29, 0.717) is 0 Å². The van der Waals surface area contributed by atoms with Crippen LogP contribution >= 0.6 is 0 Å². The number of benzene rings is 2. The van der Waals surface area contributed by atoms with Crippen molar-refractivity contribution in [1.82, 2.24) is 0 Å².